The maximum absolute atomic E-state index is 5.24. The molecule has 108 valence electrons. The first kappa shape index (κ1) is 15.1. The lowest BCUT2D eigenvalue weighted by Gasteiger charge is -2.15. The van der Waals surface area contributed by atoms with Crippen LogP contribution >= 0.6 is 15.9 Å². The van der Waals surface area contributed by atoms with Gasteiger partial charge in [0.05, 0.1) is 11.6 Å². The van der Waals surface area contributed by atoms with E-state index in [1.165, 1.54) is 5.56 Å². The van der Waals surface area contributed by atoms with Crippen LogP contribution in [0.3, 0.4) is 0 Å². The average Bonchev–Trinajstić information content (AvgIpc) is 2.96. The van der Waals surface area contributed by atoms with Crippen molar-refractivity contribution < 1.29 is 4.74 Å². The second-order valence-corrected chi connectivity index (χ2v) is 5.55. The fraction of sp³-hybridized carbons (Fsp3) is 0.400. The zero-order valence-corrected chi connectivity index (χ0v) is 13.4. The van der Waals surface area contributed by atoms with Crippen LogP contribution in [0.25, 0.3) is 0 Å². The summed E-state index contributed by atoms with van der Waals surface area (Å²) in [7, 11) is 1.68. The summed E-state index contributed by atoms with van der Waals surface area (Å²) in [5.41, 5.74) is 1.25. The molecule has 5 heteroatoms. The topological polar surface area (TPSA) is 39.1 Å². The molecule has 0 bridgehead atoms. The highest BCUT2D eigenvalue weighted by molar-refractivity contribution is 9.10. The van der Waals surface area contributed by atoms with Gasteiger partial charge in [-0.3, -0.25) is 4.68 Å². The van der Waals surface area contributed by atoms with Crippen LogP contribution in [0.2, 0.25) is 0 Å². The van der Waals surface area contributed by atoms with Gasteiger partial charge in [-0.05, 0) is 59.6 Å². The smallest absolute Gasteiger partial charge is 0.133 e. The van der Waals surface area contributed by atoms with E-state index in [1.54, 1.807) is 7.11 Å². The van der Waals surface area contributed by atoms with Gasteiger partial charge in [0.2, 0.25) is 0 Å². The van der Waals surface area contributed by atoms with Crippen molar-refractivity contribution >= 4 is 15.9 Å². The maximum Gasteiger partial charge on any atom is 0.133 e. The molecule has 1 aromatic heterocycles. The molecule has 0 saturated heterocycles. The van der Waals surface area contributed by atoms with Gasteiger partial charge in [0.15, 0.2) is 0 Å². The molecule has 2 rings (SSSR count). The lowest BCUT2D eigenvalue weighted by atomic mass is 10.1. The summed E-state index contributed by atoms with van der Waals surface area (Å²) in [5.74, 6) is 0.861. The molecule has 0 aliphatic rings. The molecular weight excluding hydrogens is 318 g/mol. The Morgan fingerprint density at radius 1 is 1.45 bits per heavy atom. The van der Waals surface area contributed by atoms with Gasteiger partial charge in [0.25, 0.3) is 0 Å². The Balaban J connectivity index is 1.79. The Morgan fingerprint density at radius 3 is 2.95 bits per heavy atom. The number of nitrogens with one attached hydrogen (secondary N) is 1. The van der Waals surface area contributed by atoms with Crippen LogP contribution in [0.4, 0.5) is 0 Å². The first-order valence-corrected chi connectivity index (χ1v) is 7.54. The summed E-state index contributed by atoms with van der Waals surface area (Å²) in [6.07, 6.45) is 4.86. The molecule has 1 aromatic carbocycles. The Labute approximate surface area is 128 Å². The van der Waals surface area contributed by atoms with Crippen molar-refractivity contribution in [1.29, 1.82) is 0 Å². The summed E-state index contributed by atoms with van der Waals surface area (Å²) >= 11 is 3.52. The highest BCUT2D eigenvalue weighted by Crippen LogP contribution is 2.27. The molecule has 0 aliphatic heterocycles. The average molecular weight is 338 g/mol. The first-order chi connectivity index (χ1) is 9.70. The highest BCUT2D eigenvalue weighted by atomic mass is 79.9. The minimum Gasteiger partial charge on any atom is -0.496 e. The Bertz CT molecular complexity index is 528. The summed E-state index contributed by atoms with van der Waals surface area (Å²) in [5, 5.41) is 7.71. The van der Waals surface area contributed by atoms with E-state index in [0.717, 1.165) is 29.7 Å². The van der Waals surface area contributed by atoms with Crippen molar-refractivity contribution in [2.24, 2.45) is 0 Å². The van der Waals surface area contributed by atoms with Gasteiger partial charge >= 0.3 is 0 Å². The van der Waals surface area contributed by atoms with E-state index in [0.29, 0.717) is 6.04 Å². The predicted octanol–water partition coefficient (Wildman–Crippen LogP) is 3.40. The molecule has 1 atom stereocenters. The molecule has 1 heterocycles. The van der Waals surface area contributed by atoms with E-state index in [4.69, 9.17) is 4.74 Å². The molecule has 0 saturated carbocycles. The molecular formula is C15H20BrN3O. The molecule has 1 unspecified atom stereocenters. The van der Waals surface area contributed by atoms with Crippen molar-refractivity contribution in [3.63, 3.8) is 0 Å². The molecule has 2 aromatic rings. The molecule has 4 nitrogen and oxygen atoms in total. The van der Waals surface area contributed by atoms with Crippen LogP contribution in [-0.2, 0) is 6.54 Å². The first-order valence-electron chi connectivity index (χ1n) is 6.75. The molecule has 0 spiro atoms. The van der Waals surface area contributed by atoms with E-state index in [2.05, 4.69) is 45.4 Å². The highest BCUT2D eigenvalue weighted by Gasteiger charge is 2.07. The maximum atomic E-state index is 5.24. The standard InChI is InChI=1S/C15H20BrN3O/c1-12(13-5-6-15(20-2)14(16)11-13)17-7-3-9-19-10-4-8-18-19/h4-6,8,10-12,17H,3,7,9H2,1-2H3. The third-order valence-corrected chi connectivity index (χ3v) is 3.87. The van der Waals surface area contributed by atoms with E-state index >= 15 is 0 Å². The quantitative estimate of drug-likeness (QED) is 0.787. The lowest BCUT2D eigenvalue weighted by Crippen LogP contribution is -2.21. The number of hydrogen-bond donors (Lipinski definition) is 1. The van der Waals surface area contributed by atoms with Crippen LogP contribution in [0, 0.1) is 0 Å². The molecule has 20 heavy (non-hydrogen) atoms. The third-order valence-electron chi connectivity index (χ3n) is 3.25. The predicted molar refractivity (Wildman–Crippen MR) is 84.0 cm³/mol. The zero-order valence-electron chi connectivity index (χ0n) is 11.8. The molecule has 0 amide bonds. The second kappa shape index (κ2) is 7.45. The number of ether oxygens (including phenoxy) is 1. The van der Waals surface area contributed by atoms with Gasteiger partial charge in [0, 0.05) is 25.0 Å². The summed E-state index contributed by atoms with van der Waals surface area (Å²) < 4.78 is 8.19. The van der Waals surface area contributed by atoms with Crippen molar-refractivity contribution in [2.45, 2.75) is 25.9 Å². The van der Waals surface area contributed by atoms with Gasteiger partial charge in [-0.1, -0.05) is 6.07 Å². The van der Waals surface area contributed by atoms with Crippen LogP contribution in [-0.4, -0.2) is 23.4 Å². The Kier molecular flexibility index (Phi) is 5.61. The van der Waals surface area contributed by atoms with E-state index in [-0.39, 0.29) is 0 Å². The van der Waals surface area contributed by atoms with Crippen molar-refractivity contribution in [3.8, 4) is 5.75 Å². The zero-order chi connectivity index (χ0) is 14.4. The number of benzene rings is 1. The summed E-state index contributed by atoms with van der Waals surface area (Å²) in [6, 6.07) is 8.44. The van der Waals surface area contributed by atoms with Gasteiger partial charge in [-0.25, -0.2) is 0 Å². The van der Waals surface area contributed by atoms with Crippen molar-refractivity contribution in [1.82, 2.24) is 15.1 Å². The number of hydrogen-bond acceptors (Lipinski definition) is 3. The molecule has 0 radical (unpaired) electrons. The fourth-order valence-corrected chi connectivity index (χ4v) is 2.62. The number of aromatic nitrogens is 2. The van der Waals surface area contributed by atoms with Crippen LogP contribution in [0.5, 0.6) is 5.75 Å². The largest absolute Gasteiger partial charge is 0.496 e. The van der Waals surface area contributed by atoms with E-state index in [9.17, 15) is 0 Å². The van der Waals surface area contributed by atoms with Crippen LogP contribution < -0.4 is 10.1 Å². The number of halogens is 1. The Hall–Kier alpha value is -1.33. The van der Waals surface area contributed by atoms with Crippen molar-refractivity contribution in [3.05, 3.63) is 46.7 Å². The molecule has 0 fully saturated rings. The second-order valence-electron chi connectivity index (χ2n) is 4.69. The lowest BCUT2D eigenvalue weighted by molar-refractivity contribution is 0.411. The van der Waals surface area contributed by atoms with Gasteiger partial charge in [-0.2, -0.15) is 5.10 Å². The van der Waals surface area contributed by atoms with E-state index < -0.39 is 0 Å². The normalized spacial score (nSPS) is 12.3. The van der Waals surface area contributed by atoms with Crippen LogP contribution in [0.1, 0.15) is 24.9 Å². The van der Waals surface area contributed by atoms with Crippen molar-refractivity contribution in [2.75, 3.05) is 13.7 Å². The number of methoxy groups -OCH3 is 1. The monoisotopic (exact) mass is 337 g/mol. The minimum atomic E-state index is 0.315. The van der Waals surface area contributed by atoms with Gasteiger partial charge in [0.1, 0.15) is 5.75 Å². The van der Waals surface area contributed by atoms with Crippen LogP contribution in [0.15, 0.2) is 41.1 Å². The third kappa shape index (κ3) is 4.08. The number of nitrogens with zero attached hydrogens (tertiary/aromatic N) is 2. The summed E-state index contributed by atoms with van der Waals surface area (Å²) in [4.78, 5) is 0. The van der Waals surface area contributed by atoms with Gasteiger partial charge < -0.3 is 10.1 Å². The van der Waals surface area contributed by atoms with E-state index in [1.807, 2.05) is 29.2 Å². The Morgan fingerprint density at radius 2 is 2.30 bits per heavy atom. The SMILES string of the molecule is COc1ccc(C(C)NCCCn2cccn2)cc1Br. The number of rotatable bonds is 7. The molecule has 1 N–H and O–H groups in total. The van der Waals surface area contributed by atoms with Gasteiger partial charge in [-0.15, -0.1) is 0 Å². The fourth-order valence-electron chi connectivity index (χ4n) is 2.06. The summed E-state index contributed by atoms with van der Waals surface area (Å²) in [6.45, 7) is 4.08. The minimum absolute atomic E-state index is 0.315. The molecule has 0 aliphatic carbocycles. The number of aryl methyl sites for hydroxylation is 1.